The summed E-state index contributed by atoms with van der Waals surface area (Å²) in [5, 5.41) is 14.7. The fraction of sp³-hybridized carbons (Fsp3) is 0.115. The Balaban J connectivity index is 1.22. The molecule has 0 bridgehead atoms. The topological polar surface area (TPSA) is 112 Å². The minimum absolute atomic E-state index is 0.125. The van der Waals surface area contributed by atoms with Gasteiger partial charge in [0.05, 0.1) is 22.4 Å². The molecule has 1 atom stereocenters. The molecule has 6 rings (SSSR count). The second-order valence-electron chi connectivity index (χ2n) is 8.58. The van der Waals surface area contributed by atoms with Crippen molar-refractivity contribution in [1.82, 2.24) is 25.1 Å². The van der Waals surface area contributed by atoms with Crippen LogP contribution in [0.5, 0.6) is 0 Å². The van der Waals surface area contributed by atoms with Gasteiger partial charge in [-0.1, -0.05) is 23.7 Å². The molecular weight excluding hydrogens is 476 g/mol. The van der Waals surface area contributed by atoms with E-state index in [-0.39, 0.29) is 11.9 Å². The molecule has 3 N–H and O–H groups in total. The maximum atomic E-state index is 13.0. The summed E-state index contributed by atoms with van der Waals surface area (Å²) < 4.78 is 0. The van der Waals surface area contributed by atoms with Gasteiger partial charge in [0.1, 0.15) is 11.9 Å². The molecule has 0 saturated heterocycles. The van der Waals surface area contributed by atoms with Gasteiger partial charge in [0, 0.05) is 54.4 Å². The van der Waals surface area contributed by atoms with Gasteiger partial charge in [-0.25, -0.2) is 9.97 Å². The van der Waals surface area contributed by atoms with Gasteiger partial charge >= 0.3 is 0 Å². The van der Waals surface area contributed by atoms with Crippen molar-refractivity contribution in [2.45, 2.75) is 12.5 Å². The first-order chi connectivity index (χ1) is 17.5. The zero-order valence-corrected chi connectivity index (χ0v) is 20.0. The number of benzene rings is 2. The van der Waals surface area contributed by atoms with Crippen molar-refractivity contribution in [3.05, 3.63) is 83.9 Å². The number of likely N-dealkylation sites (N-methyl/N-ethyl adjacent to an activating group) is 1. The number of rotatable bonds is 5. The summed E-state index contributed by atoms with van der Waals surface area (Å²) in [7, 11) is 1.92. The lowest BCUT2D eigenvalue weighted by Gasteiger charge is -2.22. The molecule has 1 aliphatic rings. The molecule has 4 heterocycles. The van der Waals surface area contributed by atoms with Gasteiger partial charge in [0.2, 0.25) is 5.91 Å². The largest absolute Gasteiger partial charge is 0.362 e. The Morgan fingerprint density at radius 1 is 1.11 bits per heavy atom. The molecule has 3 aromatic heterocycles. The fourth-order valence-corrected chi connectivity index (χ4v) is 4.58. The van der Waals surface area contributed by atoms with Gasteiger partial charge in [-0.2, -0.15) is 5.10 Å². The monoisotopic (exact) mass is 496 g/mol. The van der Waals surface area contributed by atoms with Crippen LogP contribution in [0.4, 0.5) is 22.9 Å². The highest BCUT2D eigenvalue weighted by atomic mass is 35.5. The Bertz CT molecular complexity index is 1600. The Morgan fingerprint density at radius 2 is 2.03 bits per heavy atom. The molecule has 1 aliphatic heterocycles. The highest BCUT2D eigenvalue weighted by molar-refractivity contribution is 6.33. The Labute approximate surface area is 211 Å². The number of aromatic nitrogens is 5. The van der Waals surface area contributed by atoms with Crippen LogP contribution < -0.4 is 15.5 Å². The number of amides is 1. The van der Waals surface area contributed by atoms with Gasteiger partial charge in [-0.05, 0) is 42.0 Å². The van der Waals surface area contributed by atoms with Crippen LogP contribution in [0, 0.1) is 0 Å². The van der Waals surface area contributed by atoms with E-state index in [1.165, 1.54) is 6.20 Å². The number of hydrogen-bond acceptors (Lipinski definition) is 7. The number of pyridine rings is 1. The Kier molecular flexibility index (Phi) is 5.46. The first-order valence-electron chi connectivity index (χ1n) is 11.3. The number of carbonyl (C=O) groups is 1. The maximum absolute atomic E-state index is 13.0. The fourth-order valence-electron chi connectivity index (χ4n) is 4.41. The van der Waals surface area contributed by atoms with Crippen molar-refractivity contribution in [1.29, 1.82) is 0 Å². The number of H-pyrrole nitrogens is 1. The lowest BCUT2D eigenvalue weighted by atomic mass is 10.1. The highest BCUT2D eigenvalue weighted by Gasteiger charge is 2.32. The number of fused-ring (bicyclic) bond motifs is 2. The predicted octanol–water partition coefficient (Wildman–Crippen LogP) is 4.81. The standard InChI is InChI=1S/C26H21ClN8O/c1-35-22-12-16(3-2-15(22)11-23(35)26(36)32-21-6-8-28-14-19(21)27)25-29-9-7-24(33-25)31-18-4-5-20-17(10-18)13-30-34-20/h2-10,12-14,23H,11H2,1H3,(H,30,34)(H,28,32,36)(H,29,31,33). The summed E-state index contributed by atoms with van der Waals surface area (Å²) in [6, 6.07) is 15.2. The van der Waals surface area contributed by atoms with Crippen molar-refractivity contribution in [2.75, 3.05) is 22.6 Å². The lowest BCUT2D eigenvalue weighted by molar-refractivity contribution is -0.117. The van der Waals surface area contributed by atoms with Crippen molar-refractivity contribution in [2.24, 2.45) is 0 Å². The molecular formula is C26H21ClN8O. The van der Waals surface area contributed by atoms with Crippen molar-refractivity contribution < 1.29 is 4.79 Å². The summed E-state index contributed by atoms with van der Waals surface area (Å²) in [5.74, 6) is 1.15. The highest BCUT2D eigenvalue weighted by Crippen LogP contribution is 2.35. The van der Waals surface area contributed by atoms with Crippen LogP contribution in [-0.2, 0) is 11.2 Å². The average Bonchev–Trinajstić information content (AvgIpc) is 3.49. The molecule has 178 valence electrons. The number of nitrogens with one attached hydrogen (secondary N) is 3. The van der Waals surface area contributed by atoms with Crippen LogP contribution in [0.25, 0.3) is 22.3 Å². The smallest absolute Gasteiger partial charge is 0.247 e. The SMILES string of the molecule is CN1c2cc(-c3nccc(Nc4ccc5[nH]ncc5c4)n3)ccc2CC1C(=O)Nc1ccncc1Cl. The Hall–Kier alpha value is -4.50. The molecule has 2 aromatic carbocycles. The quantitative estimate of drug-likeness (QED) is 0.320. The van der Waals surface area contributed by atoms with E-state index >= 15 is 0 Å². The summed E-state index contributed by atoms with van der Waals surface area (Å²) in [6.07, 6.45) is 7.22. The second kappa shape index (κ2) is 8.94. The van der Waals surface area contributed by atoms with Gasteiger partial charge in [-0.3, -0.25) is 14.9 Å². The van der Waals surface area contributed by atoms with Gasteiger partial charge in [0.25, 0.3) is 0 Å². The van der Waals surface area contributed by atoms with E-state index in [9.17, 15) is 4.79 Å². The number of anilines is 4. The number of hydrogen-bond donors (Lipinski definition) is 3. The zero-order valence-electron chi connectivity index (χ0n) is 19.2. The summed E-state index contributed by atoms with van der Waals surface area (Å²) in [4.78, 5) is 28.1. The maximum Gasteiger partial charge on any atom is 0.247 e. The predicted molar refractivity (Wildman–Crippen MR) is 141 cm³/mol. The Morgan fingerprint density at radius 3 is 2.92 bits per heavy atom. The van der Waals surface area contributed by atoms with E-state index in [0.717, 1.165) is 33.4 Å². The molecule has 0 spiro atoms. The normalized spacial score (nSPS) is 14.6. The number of carbonyl (C=O) groups excluding carboxylic acids is 1. The third-order valence-corrected chi connectivity index (χ3v) is 6.61. The van der Waals surface area contributed by atoms with Crippen molar-refractivity contribution in [3.8, 4) is 11.4 Å². The second-order valence-corrected chi connectivity index (χ2v) is 8.99. The van der Waals surface area contributed by atoms with Crippen molar-refractivity contribution in [3.63, 3.8) is 0 Å². The molecule has 0 saturated carbocycles. The van der Waals surface area contributed by atoms with Crippen molar-refractivity contribution >= 4 is 51.3 Å². The molecule has 1 amide bonds. The first kappa shape index (κ1) is 22.0. The number of halogens is 1. The van der Waals surface area contributed by atoms with E-state index in [4.69, 9.17) is 16.6 Å². The van der Waals surface area contributed by atoms with Gasteiger partial charge in [-0.15, -0.1) is 0 Å². The lowest BCUT2D eigenvalue weighted by Crippen LogP contribution is -2.39. The van der Waals surface area contributed by atoms with Crippen LogP contribution in [0.1, 0.15) is 5.56 Å². The molecule has 36 heavy (non-hydrogen) atoms. The molecule has 0 radical (unpaired) electrons. The summed E-state index contributed by atoms with van der Waals surface area (Å²) in [6.45, 7) is 0. The minimum Gasteiger partial charge on any atom is -0.362 e. The molecule has 1 unspecified atom stereocenters. The van der Waals surface area contributed by atoms with Gasteiger partial charge < -0.3 is 15.5 Å². The van der Waals surface area contributed by atoms with E-state index < -0.39 is 0 Å². The molecule has 10 heteroatoms. The van der Waals surface area contributed by atoms with E-state index in [0.29, 0.717) is 28.8 Å². The van der Waals surface area contributed by atoms with Crippen LogP contribution >= 0.6 is 11.6 Å². The molecule has 9 nitrogen and oxygen atoms in total. The summed E-state index contributed by atoms with van der Waals surface area (Å²) >= 11 is 6.16. The van der Waals surface area contributed by atoms with E-state index in [1.54, 1.807) is 24.7 Å². The van der Waals surface area contributed by atoms with Crippen LogP contribution in [0.3, 0.4) is 0 Å². The third-order valence-electron chi connectivity index (χ3n) is 6.31. The third kappa shape index (κ3) is 4.09. The molecule has 0 aliphatic carbocycles. The van der Waals surface area contributed by atoms with Crippen LogP contribution in [0.15, 0.2) is 73.3 Å². The average molecular weight is 497 g/mol. The zero-order chi connectivity index (χ0) is 24.6. The number of nitrogens with zero attached hydrogens (tertiary/aromatic N) is 5. The van der Waals surface area contributed by atoms with Crippen LogP contribution in [0.2, 0.25) is 5.02 Å². The summed E-state index contributed by atoms with van der Waals surface area (Å²) in [5.41, 5.74) is 5.36. The molecule has 0 fully saturated rings. The minimum atomic E-state index is -0.355. The van der Waals surface area contributed by atoms with E-state index in [1.807, 2.05) is 54.4 Å². The first-order valence-corrected chi connectivity index (χ1v) is 11.7. The molecule has 5 aromatic rings. The van der Waals surface area contributed by atoms with E-state index in [2.05, 4.69) is 30.8 Å². The number of aromatic amines is 1. The van der Waals surface area contributed by atoms with Gasteiger partial charge in [0.15, 0.2) is 5.82 Å². The van der Waals surface area contributed by atoms with Crippen LogP contribution in [-0.4, -0.2) is 44.1 Å².